The molecule has 1 atom stereocenters. The molecule has 1 N–H and O–H groups in total. The van der Waals surface area contributed by atoms with Gasteiger partial charge < -0.3 is 9.72 Å². The molecule has 0 radical (unpaired) electrons. The van der Waals surface area contributed by atoms with E-state index in [1.807, 2.05) is 6.08 Å². The minimum absolute atomic E-state index is 0.326. The lowest BCUT2D eigenvalue weighted by atomic mass is 10.0. The van der Waals surface area contributed by atoms with Crippen LogP contribution in [-0.4, -0.2) is 36.1 Å². The zero-order chi connectivity index (χ0) is 24.0. The van der Waals surface area contributed by atoms with Crippen LogP contribution >= 0.6 is 0 Å². The summed E-state index contributed by atoms with van der Waals surface area (Å²) >= 11 is 0. The van der Waals surface area contributed by atoms with Gasteiger partial charge in [0.2, 0.25) is 0 Å². The summed E-state index contributed by atoms with van der Waals surface area (Å²) in [6.07, 6.45) is 9.75. The summed E-state index contributed by atoms with van der Waals surface area (Å²) in [5.41, 5.74) is 7.82. The molecule has 4 aromatic rings. The molecule has 4 heteroatoms. The largest absolute Gasteiger partial charge is 0.466 e. The van der Waals surface area contributed by atoms with Crippen molar-refractivity contribution < 1.29 is 9.53 Å². The Hall–Kier alpha value is -3.63. The molecule has 1 aliphatic rings. The number of para-hydroxylation sites is 1. The number of rotatable bonds is 9. The fraction of sp³-hybridized carbons (Fsp3) is 0.258. The Bertz CT molecular complexity index is 1320. The molecule has 1 unspecified atom stereocenters. The summed E-state index contributed by atoms with van der Waals surface area (Å²) in [7, 11) is 1.40. The van der Waals surface area contributed by atoms with Gasteiger partial charge in [-0.15, -0.1) is 0 Å². The second-order valence-electron chi connectivity index (χ2n) is 9.25. The molecule has 0 amide bonds. The van der Waals surface area contributed by atoms with Crippen LogP contribution in [-0.2, 0) is 28.8 Å². The molecule has 0 spiro atoms. The lowest BCUT2D eigenvalue weighted by Crippen LogP contribution is -2.31. The van der Waals surface area contributed by atoms with E-state index in [-0.39, 0.29) is 5.97 Å². The maximum atomic E-state index is 11.5. The van der Waals surface area contributed by atoms with Crippen molar-refractivity contribution >= 4 is 22.9 Å². The number of hydrogen-bond donors (Lipinski definition) is 1. The molecule has 4 nitrogen and oxygen atoms in total. The number of benzene rings is 3. The summed E-state index contributed by atoms with van der Waals surface area (Å²) in [5.74, 6) is -0.326. The first-order chi connectivity index (χ1) is 17.2. The second kappa shape index (κ2) is 10.7. The van der Waals surface area contributed by atoms with Gasteiger partial charge in [0.15, 0.2) is 0 Å². The number of aromatic amines is 1. The van der Waals surface area contributed by atoms with Gasteiger partial charge in [0.1, 0.15) is 0 Å². The number of fused-ring (bicyclic) bond motifs is 2. The van der Waals surface area contributed by atoms with E-state index in [0.29, 0.717) is 6.04 Å². The maximum Gasteiger partial charge on any atom is 0.330 e. The highest BCUT2D eigenvalue weighted by atomic mass is 16.5. The Morgan fingerprint density at radius 3 is 2.69 bits per heavy atom. The van der Waals surface area contributed by atoms with Gasteiger partial charge in [-0.05, 0) is 65.6 Å². The van der Waals surface area contributed by atoms with Gasteiger partial charge in [0, 0.05) is 42.3 Å². The molecule has 0 bridgehead atoms. The summed E-state index contributed by atoms with van der Waals surface area (Å²) in [5, 5.41) is 1.32. The van der Waals surface area contributed by atoms with E-state index in [0.717, 1.165) is 44.3 Å². The maximum absolute atomic E-state index is 11.5. The van der Waals surface area contributed by atoms with Crippen molar-refractivity contribution in [1.29, 1.82) is 0 Å². The molecular formula is C31H32N2O2. The standard InChI is InChI=1S/C31H32N2O2/c1-35-31(34)16-12-24-11-14-28-25(21-24)13-15-30(28)33(19-17-23-7-3-2-4-8-23)20-18-26-22-32-29-10-6-5-9-27(26)29/h2-12,14,16,21-22,30,32H,13,15,17-20H2,1H3/b16-12+. The number of aromatic nitrogens is 1. The average molecular weight is 465 g/mol. The van der Waals surface area contributed by atoms with E-state index in [4.69, 9.17) is 4.74 Å². The molecule has 35 heavy (non-hydrogen) atoms. The van der Waals surface area contributed by atoms with Crippen LogP contribution in [0.5, 0.6) is 0 Å². The minimum atomic E-state index is -0.326. The van der Waals surface area contributed by atoms with Crippen molar-refractivity contribution in [3.63, 3.8) is 0 Å². The van der Waals surface area contributed by atoms with Gasteiger partial charge in [-0.2, -0.15) is 0 Å². The number of carbonyl (C=O) groups is 1. The highest BCUT2D eigenvalue weighted by molar-refractivity contribution is 5.87. The zero-order valence-electron chi connectivity index (χ0n) is 20.2. The molecule has 0 fully saturated rings. The topological polar surface area (TPSA) is 45.3 Å². The van der Waals surface area contributed by atoms with Crippen LogP contribution in [0.25, 0.3) is 17.0 Å². The number of hydrogen-bond acceptors (Lipinski definition) is 3. The van der Waals surface area contributed by atoms with Crippen molar-refractivity contribution in [2.24, 2.45) is 0 Å². The molecule has 1 aromatic heterocycles. The predicted octanol–water partition coefficient (Wildman–Crippen LogP) is 6.13. The Labute approximate surface area is 207 Å². The quantitative estimate of drug-likeness (QED) is 0.239. The van der Waals surface area contributed by atoms with Gasteiger partial charge in [-0.25, -0.2) is 4.79 Å². The van der Waals surface area contributed by atoms with E-state index in [9.17, 15) is 4.79 Å². The average Bonchev–Trinajstić information content (AvgIpc) is 3.52. The summed E-state index contributed by atoms with van der Waals surface area (Å²) < 4.78 is 4.73. The van der Waals surface area contributed by atoms with Gasteiger partial charge in [0.05, 0.1) is 7.11 Å². The van der Waals surface area contributed by atoms with Crippen molar-refractivity contribution in [3.05, 3.63) is 113 Å². The van der Waals surface area contributed by atoms with Crippen molar-refractivity contribution in [3.8, 4) is 0 Å². The predicted molar refractivity (Wildman–Crippen MR) is 142 cm³/mol. The monoisotopic (exact) mass is 464 g/mol. The molecular weight excluding hydrogens is 432 g/mol. The molecule has 0 saturated heterocycles. The van der Waals surface area contributed by atoms with Crippen LogP contribution < -0.4 is 0 Å². The Morgan fingerprint density at radius 1 is 1.03 bits per heavy atom. The first-order valence-corrected chi connectivity index (χ1v) is 12.4. The number of esters is 1. The summed E-state index contributed by atoms with van der Waals surface area (Å²) in [6, 6.07) is 26.3. The third-order valence-electron chi connectivity index (χ3n) is 7.14. The second-order valence-corrected chi connectivity index (χ2v) is 9.25. The molecule has 178 valence electrons. The van der Waals surface area contributed by atoms with Gasteiger partial charge in [-0.3, -0.25) is 4.90 Å². The Balaban J connectivity index is 1.35. The van der Waals surface area contributed by atoms with Crippen LogP contribution in [0.2, 0.25) is 0 Å². The van der Waals surface area contributed by atoms with Gasteiger partial charge in [0.25, 0.3) is 0 Å². The number of ether oxygens (including phenoxy) is 1. The number of nitrogens with one attached hydrogen (secondary N) is 1. The molecule has 0 aliphatic heterocycles. The number of carbonyl (C=O) groups excluding carboxylic acids is 1. The van der Waals surface area contributed by atoms with E-state index >= 15 is 0 Å². The van der Waals surface area contributed by atoms with E-state index < -0.39 is 0 Å². The number of methoxy groups -OCH3 is 1. The lowest BCUT2D eigenvalue weighted by molar-refractivity contribution is -0.134. The normalized spacial score (nSPS) is 15.2. The fourth-order valence-corrected chi connectivity index (χ4v) is 5.27. The van der Waals surface area contributed by atoms with Crippen molar-refractivity contribution in [2.75, 3.05) is 20.2 Å². The fourth-order valence-electron chi connectivity index (χ4n) is 5.27. The van der Waals surface area contributed by atoms with Gasteiger partial charge in [-0.1, -0.05) is 66.7 Å². The lowest BCUT2D eigenvalue weighted by Gasteiger charge is -2.30. The zero-order valence-corrected chi connectivity index (χ0v) is 20.2. The van der Waals surface area contributed by atoms with Crippen LogP contribution in [0.4, 0.5) is 0 Å². The molecule has 5 rings (SSSR count). The van der Waals surface area contributed by atoms with Crippen LogP contribution in [0.15, 0.2) is 85.1 Å². The Morgan fingerprint density at radius 2 is 1.83 bits per heavy atom. The number of nitrogens with zero attached hydrogens (tertiary/aromatic N) is 1. The highest BCUT2D eigenvalue weighted by Crippen LogP contribution is 2.37. The van der Waals surface area contributed by atoms with E-state index in [1.165, 1.54) is 46.3 Å². The SMILES string of the molecule is COC(=O)/C=C/c1ccc2c(c1)CCC2N(CCc1ccccc1)CCc1c[nH]c2ccccc12. The Kier molecular flexibility index (Phi) is 7.10. The van der Waals surface area contributed by atoms with Crippen molar-refractivity contribution in [2.45, 2.75) is 31.7 Å². The molecule has 1 aliphatic carbocycles. The van der Waals surface area contributed by atoms with Gasteiger partial charge >= 0.3 is 5.97 Å². The van der Waals surface area contributed by atoms with E-state index in [1.54, 1.807) is 0 Å². The van der Waals surface area contributed by atoms with Crippen LogP contribution in [0.3, 0.4) is 0 Å². The molecule has 3 aromatic carbocycles. The number of aryl methyl sites for hydroxylation is 1. The van der Waals surface area contributed by atoms with Crippen molar-refractivity contribution in [1.82, 2.24) is 9.88 Å². The summed E-state index contributed by atoms with van der Waals surface area (Å²) in [6.45, 7) is 2.04. The smallest absolute Gasteiger partial charge is 0.330 e. The van der Waals surface area contributed by atoms with Crippen LogP contribution in [0.1, 0.15) is 40.3 Å². The molecule has 1 heterocycles. The highest BCUT2D eigenvalue weighted by Gasteiger charge is 2.28. The minimum Gasteiger partial charge on any atom is -0.466 e. The summed E-state index contributed by atoms with van der Waals surface area (Å²) in [4.78, 5) is 17.6. The third-order valence-corrected chi connectivity index (χ3v) is 7.14. The third kappa shape index (κ3) is 5.39. The molecule has 0 saturated carbocycles. The first-order valence-electron chi connectivity index (χ1n) is 12.4. The number of H-pyrrole nitrogens is 1. The van der Waals surface area contributed by atoms with E-state index in [2.05, 4.69) is 88.9 Å². The first kappa shape index (κ1) is 23.1. The van der Waals surface area contributed by atoms with Crippen LogP contribution in [0, 0.1) is 0 Å².